The number of nitrogens with zero attached hydrogens (tertiary/aromatic N) is 1. The molecule has 0 atom stereocenters. The third-order valence-corrected chi connectivity index (χ3v) is 3.78. The third kappa shape index (κ3) is 4.69. The Morgan fingerprint density at radius 1 is 0.905 bits per heavy atom. The van der Waals surface area contributed by atoms with Crippen LogP contribution in [0.15, 0.2) is 54.6 Å². The average Bonchev–Trinajstić information content (AvgIpc) is 2.52. The molecule has 2 rings (SSSR count). The van der Waals surface area contributed by atoms with E-state index in [1.807, 2.05) is 6.07 Å². The molecule has 2 heteroatoms. The molecule has 0 amide bonds. The first-order valence-electron chi connectivity index (χ1n) is 7.70. The maximum atomic E-state index is 9.00. The Balaban J connectivity index is 2.04. The highest BCUT2D eigenvalue weighted by Crippen LogP contribution is 2.20. The molecule has 1 N–H and O–H groups in total. The van der Waals surface area contributed by atoms with E-state index in [4.69, 9.17) is 5.11 Å². The van der Waals surface area contributed by atoms with Crippen LogP contribution in [0.1, 0.15) is 25.8 Å². The molecule has 2 nitrogen and oxygen atoms in total. The standard InChI is InChI=1S/C19H25NO/c1-16(2)20(13-6-14-21)15-17-9-11-19(12-10-17)18-7-4-3-5-8-18/h3-5,7-12,16,21H,6,13-15H2,1-2H3. The molecule has 0 aromatic heterocycles. The third-order valence-electron chi connectivity index (χ3n) is 3.78. The summed E-state index contributed by atoms with van der Waals surface area (Å²) in [4.78, 5) is 2.40. The molecule has 0 fully saturated rings. The van der Waals surface area contributed by atoms with Crippen molar-refractivity contribution in [2.45, 2.75) is 32.9 Å². The summed E-state index contributed by atoms with van der Waals surface area (Å²) >= 11 is 0. The molecule has 0 aliphatic rings. The summed E-state index contributed by atoms with van der Waals surface area (Å²) in [5.74, 6) is 0. The minimum absolute atomic E-state index is 0.260. The molecule has 2 aromatic rings. The van der Waals surface area contributed by atoms with E-state index in [2.05, 4.69) is 67.3 Å². The lowest BCUT2D eigenvalue weighted by Crippen LogP contribution is -2.31. The SMILES string of the molecule is CC(C)N(CCCO)Cc1ccc(-c2ccccc2)cc1. The van der Waals surface area contributed by atoms with Crippen molar-refractivity contribution in [2.24, 2.45) is 0 Å². The first kappa shape index (κ1) is 15.7. The van der Waals surface area contributed by atoms with Gasteiger partial charge in [0.15, 0.2) is 0 Å². The lowest BCUT2D eigenvalue weighted by Gasteiger charge is -2.26. The summed E-state index contributed by atoms with van der Waals surface area (Å²) in [5, 5.41) is 9.00. The minimum Gasteiger partial charge on any atom is -0.396 e. The molecule has 0 aliphatic heterocycles. The number of aliphatic hydroxyl groups excluding tert-OH is 1. The highest BCUT2D eigenvalue weighted by molar-refractivity contribution is 5.63. The Hall–Kier alpha value is -1.64. The molecule has 2 aromatic carbocycles. The van der Waals surface area contributed by atoms with Gasteiger partial charge in [0.25, 0.3) is 0 Å². The van der Waals surface area contributed by atoms with Crippen molar-refractivity contribution in [1.29, 1.82) is 0 Å². The summed E-state index contributed by atoms with van der Waals surface area (Å²) in [6.07, 6.45) is 0.834. The Morgan fingerprint density at radius 3 is 2.10 bits per heavy atom. The van der Waals surface area contributed by atoms with Gasteiger partial charge in [0.2, 0.25) is 0 Å². The molecular weight excluding hydrogens is 258 g/mol. The van der Waals surface area contributed by atoms with Crippen molar-refractivity contribution >= 4 is 0 Å². The van der Waals surface area contributed by atoms with Gasteiger partial charge < -0.3 is 5.11 Å². The molecule has 0 spiro atoms. The molecule has 112 valence electrons. The van der Waals surface area contributed by atoms with Crippen molar-refractivity contribution in [3.05, 3.63) is 60.2 Å². The maximum absolute atomic E-state index is 9.00. The zero-order chi connectivity index (χ0) is 15.1. The number of hydrogen-bond donors (Lipinski definition) is 1. The highest BCUT2D eigenvalue weighted by atomic mass is 16.3. The van der Waals surface area contributed by atoms with Gasteiger partial charge in [0, 0.05) is 25.7 Å². The Bertz CT molecular complexity index is 519. The summed E-state index contributed by atoms with van der Waals surface area (Å²) in [7, 11) is 0. The molecule has 0 aliphatic carbocycles. The second-order valence-corrected chi connectivity index (χ2v) is 5.70. The van der Waals surface area contributed by atoms with Gasteiger partial charge in [-0.1, -0.05) is 54.6 Å². The zero-order valence-corrected chi connectivity index (χ0v) is 13.0. The minimum atomic E-state index is 0.260. The summed E-state index contributed by atoms with van der Waals surface area (Å²) < 4.78 is 0. The molecule has 21 heavy (non-hydrogen) atoms. The monoisotopic (exact) mass is 283 g/mol. The molecular formula is C19H25NO. The van der Waals surface area contributed by atoms with E-state index >= 15 is 0 Å². The lowest BCUT2D eigenvalue weighted by molar-refractivity contribution is 0.185. The van der Waals surface area contributed by atoms with E-state index < -0.39 is 0 Å². The molecule has 0 bridgehead atoms. The van der Waals surface area contributed by atoms with E-state index in [0.29, 0.717) is 6.04 Å². The average molecular weight is 283 g/mol. The van der Waals surface area contributed by atoms with E-state index in [1.54, 1.807) is 0 Å². The van der Waals surface area contributed by atoms with Crippen LogP contribution in [-0.2, 0) is 6.54 Å². The second kappa shape index (κ2) is 7.96. The largest absolute Gasteiger partial charge is 0.396 e. The van der Waals surface area contributed by atoms with E-state index in [0.717, 1.165) is 19.5 Å². The molecule has 0 saturated carbocycles. The molecule has 0 saturated heterocycles. The first-order chi connectivity index (χ1) is 10.2. The van der Waals surface area contributed by atoms with Crippen LogP contribution in [-0.4, -0.2) is 29.2 Å². The van der Waals surface area contributed by atoms with Gasteiger partial charge in [-0.15, -0.1) is 0 Å². The van der Waals surface area contributed by atoms with E-state index in [-0.39, 0.29) is 6.61 Å². The van der Waals surface area contributed by atoms with Crippen molar-refractivity contribution in [3.8, 4) is 11.1 Å². The predicted molar refractivity (Wildman–Crippen MR) is 89.1 cm³/mol. The van der Waals surface area contributed by atoms with Crippen LogP contribution in [0.3, 0.4) is 0 Å². The lowest BCUT2D eigenvalue weighted by atomic mass is 10.0. The van der Waals surface area contributed by atoms with Crippen molar-refractivity contribution in [3.63, 3.8) is 0 Å². The van der Waals surface area contributed by atoms with Crippen LogP contribution in [0.2, 0.25) is 0 Å². The summed E-state index contributed by atoms with van der Waals surface area (Å²) in [6, 6.07) is 19.7. The second-order valence-electron chi connectivity index (χ2n) is 5.70. The molecule has 0 radical (unpaired) electrons. The predicted octanol–water partition coefficient (Wildman–Crippen LogP) is 3.95. The normalized spacial score (nSPS) is 11.3. The number of rotatable bonds is 7. The fraction of sp³-hybridized carbons (Fsp3) is 0.368. The smallest absolute Gasteiger partial charge is 0.0443 e. The topological polar surface area (TPSA) is 23.5 Å². The Kier molecular flexibility index (Phi) is 5.97. The van der Waals surface area contributed by atoms with Crippen molar-refractivity contribution in [1.82, 2.24) is 4.90 Å². The van der Waals surface area contributed by atoms with E-state index in [1.165, 1.54) is 16.7 Å². The van der Waals surface area contributed by atoms with Gasteiger partial charge in [-0.25, -0.2) is 0 Å². The molecule has 0 unspecified atom stereocenters. The van der Waals surface area contributed by atoms with Gasteiger partial charge >= 0.3 is 0 Å². The van der Waals surface area contributed by atoms with Crippen molar-refractivity contribution < 1.29 is 5.11 Å². The molecule has 0 heterocycles. The number of aliphatic hydroxyl groups is 1. The van der Waals surface area contributed by atoms with Crippen molar-refractivity contribution in [2.75, 3.05) is 13.2 Å². The van der Waals surface area contributed by atoms with Gasteiger partial charge in [0.1, 0.15) is 0 Å². The highest BCUT2D eigenvalue weighted by Gasteiger charge is 2.09. The van der Waals surface area contributed by atoms with E-state index in [9.17, 15) is 0 Å². The maximum Gasteiger partial charge on any atom is 0.0443 e. The van der Waals surface area contributed by atoms with Crippen LogP contribution < -0.4 is 0 Å². The summed E-state index contributed by atoms with van der Waals surface area (Å²) in [5.41, 5.74) is 3.83. The number of benzene rings is 2. The van der Waals surface area contributed by atoms with Gasteiger partial charge in [-0.2, -0.15) is 0 Å². The van der Waals surface area contributed by atoms with Crippen LogP contribution >= 0.6 is 0 Å². The number of hydrogen-bond acceptors (Lipinski definition) is 2. The van der Waals surface area contributed by atoms with Gasteiger partial charge in [0.05, 0.1) is 0 Å². The quantitative estimate of drug-likeness (QED) is 0.832. The van der Waals surface area contributed by atoms with Crippen LogP contribution in [0.25, 0.3) is 11.1 Å². The first-order valence-corrected chi connectivity index (χ1v) is 7.70. The van der Waals surface area contributed by atoms with Gasteiger partial charge in [-0.05, 0) is 37.0 Å². The fourth-order valence-electron chi connectivity index (χ4n) is 2.46. The van der Waals surface area contributed by atoms with Crippen LogP contribution in [0.5, 0.6) is 0 Å². The van der Waals surface area contributed by atoms with Crippen LogP contribution in [0.4, 0.5) is 0 Å². The summed E-state index contributed by atoms with van der Waals surface area (Å²) in [6.45, 7) is 6.54. The fourth-order valence-corrected chi connectivity index (χ4v) is 2.46. The Morgan fingerprint density at radius 2 is 1.52 bits per heavy atom. The zero-order valence-electron chi connectivity index (χ0n) is 13.0. The van der Waals surface area contributed by atoms with Crippen LogP contribution in [0, 0.1) is 0 Å². The Labute approximate surface area is 128 Å². The van der Waals surface area contributed by atoms with Gasteiger partial charge in [-0.3, -0.25) is 4.90 Å².